The summed E-state index contributed by atoms with van der Waals surface area (Å²) in [4.78, 5) is 16.0. The van der Waals surface area contributed by atoms with Crippen LogP contribution in [-0.4, -0.2) is 28.3 Å². The predicted molar refractivity (Wildman–Crippen MR) is 115 cm³/mol. The van der Waals surface area contributed by atoms with E-state index in [1.807, 2.05) is 57.3 Å². The van der Waals surface area contributed by atoms with E-state index in [0.29, 0.717) is 11.3 Å². The Hall–Kier alpha value is -2.06. The molecule has 1 unspecified atom stereocenters. The highest BCUT2D eigenvalue weighted by atomic mass is 127. The van der Waals surface area contributed by atoms with Gasteiger partial charge < -0.3 is 20.1 Å². The van der Waals surface area contributed by atoms with Crippen LogP contribution in [-0.2, 0) is 0 Å². The van der Waals surface area contributed by atoms with Gasteiger partial charge in [0, 0.05) is 26.6 Å². The zero-order chi connectivity index (χ0) is 19.6. The number of ether oxygens (including phenoxy) is 1. The fourth-order valence-corrected chi connectivity index (χ4v) is 3.51. The van der Waals surface area contributed by atoms with Crippen LogP contribution in [0.15, 0.2) is 48.7 Å². The number of aromatic nitrogens is 1. The lowest BCUT2D eigenvalue weighted by atomic mass is 9.98. The van der Waals surface area contributed by atoms with Crippen LogP contribution in [0.25, 0.3) is 10.9 Å². The van der Waals surface area contributed by atoms with Gasteiger partial charge in [0.2, 0.25) is 0 Å². The van der Waals surface area contributed by atoms with Crippen molar-refractivity contribution < 1.29 is 14.6 Å². The van der Waals surface area contributed by atoms with Crippen molar-refractivity contribution in [1.82, 2.24) is 10.3 Å². The number of H-pyrrole nitrogens is 1. The molecular formula is C21H23IN2O3. The Morgan fingerprint density at radius 3 is 2.67 bits per heavy atom. The monoisotopic (exact) mass is 478 g/mol. The molecule has 3 N–H and O–H groups in total. The molecule has 27 heavy (non-hydrogen) atoms. The van der Waals surface area contributed by atoms with Crippen molar-refractivity contribution in [3.8, 4) is 5.75 Å². The highest BCUT2D eigenvalue weighted by molar-refractivity contribution is 14.1. The van der Waals surface area contributed by atoms with Crippen LogP contribution in [0.1, 0.15) is 42.6 Å². The molecule has 3 rings (SSSR count). The van der Waals surface area contributed by atoms with Crippen molar-refractivity contribution in [2.45, 2.75) is 39.0 Å². The fourth-order valence-electron chi connectivity index (χ4n) is 3.01. The number of hydrogen-bond donors (Lipinski definition) is 3. The number of carbonyl (C=O) groups is 1. The molecule has 0 saturated carbocycles. The van der Waals surface area contributed by atoms with Gasteiger partial charge in [-0.15, -0.1) is 0 Å². The van der Waals surface area contributed by atoms with E-state index < -0.39 is 6.23 Å². The van der Waals surface area contributed by atoms with Crippen LogP contribution in [0.3, 0.4) is 0 Å². The van der Waals surface area contributed by atoms with E-state index in [1.165, 1.54) is 0 Å². The molecule has 0 aliphatic heterocycles. The minimum atomic E-state index is -1.03. The zero-order valence-electron chi connectivity index (χ0n) is 15.5. The van der Waals surface area contributed by atoms with Gasteiger partial charge in [0.15, 0.2) is 0 Å². The van der Waals surface area contributed by atoms with Crippen molar-refractivity contribution in [3.05, 3.63) is 63.4 Å². The Bertz CT molecular complexity index is 952. The molecule has 6 heteroatoms. The van der Waals surface area contributed by atoms with Crippen molar-refractivity contribution in [1.29, 1.82) is 0 Å². The van der Waals surface area contributed by atoms with Gasteiger partial charge in [0.25, 0.3) is 5.91 Å². The van der Waals surface area contributed by atoms with Crippen molar-refractivity contribution >= 4 is 39.4 Å². The molecule has 2 aromatic carbocycles. The lowest BCUT2D eigenvalue weighted by Crippen LogP contribution is -2.38. The lowest BCUT2D eigenvalue weighted by molar-refractivity contribution is 0.0723. The number of aliphatic hydroxyl groups is 1. The van der Waals surface area contributed by atoms with Gasteiger partial charge in [0.1, 0.15) is 12.0 Å². The maximum absolute atomic E-state index is 12.8. The smallest absolute Gasteiger partial charge is 0.257 e. The molecule has 2 atom stereocenters. The summed E-state index contributed by atoms with van der Waals surface area (Å²) in [6.07, 6.45) is 0.803. The van der Waals surface area contributed by atoms with Crippen LogP contribution >= 0.6 is 22.6 Å². The number of rotatable bonds is 6. The van der Waals surface area contributed by atoms with E-state index in [1.54, 1.807) is 12.1 Å². The summed E-state index contributed by atoms with van der Waals surface area (Å²) in [6.45, 7) is 5.71. The molecule has 142 valence electrons. The second kappa shape index (κ2) is 8.31. The first-order chi connectivity index (χ1) is 12.9. The second-order valence-corrected chi connectivity index (χ2v) is 8.05. The molecule has 3 aromatic rings. The summed E-state index contributed by atoms with van der Waals surface area (Å²) in [5, 5.41) is 14.4. The summed E-state index contributed by atoms with van der Waals surface area (Å²) in [7, 11) is 0. The molecule has 5 nitrogen and oxygen atoms in total. The van der Waals surface area contributed by atoms with Crippen LogP contribution in [0.5, 0.6) is 5.75 Å². The first-order valence-corrected chi connectivity index (χ1v) is 9.96. The third kappa shape index (κ3) is 4.44. The largest absolute Gasteiger partial charge is 0.490 e. The number of hydrogen-bond acceptors (Lipinski definition) is 3. The number of benzene rings is 2. The molecule has 0 radical (unpaired) electrons. The number of amides is 1. The van der Waals surface area contributed by atoms with Crippen molar-refractivity contribution in [2.75, 3.05) is 0 Å². The number of fused-ring (bicyclic) bond motifs is 1. The average molecular weight is 478 g/mol. The summed E-state index contributed by atoms with van der Waals surface area (Å²) >= 11 is 2.15. The Balaban J connectivity index is 1.80. The van der Waals surface area contributed by atoms with E-state index in [-0.39, 0.29) is 17.9 Å². The van der Waals surface area contributed by atoms with Crippen molar-refractivity contribution in [2.24, 2.45) is 0 Å². The molecule has 1 heterocycles. The SMILES string of the molecule is CC(C)Oc1ccc(I)cc1C(=O)N[C@H](O)C(C)c1c[nH]c2ccccc12. The first-order valence-electron chi connectivity index (χ1n) is 8.88. The number of aromatic amines is 1. The highest BCUT2D eigenvalue weighted by Crippen LogP contribution is 2.28. The lowest BCUT2D eigenvalue weighted by Gasteiger charge is -2.21. The minimum Gasteiger partial charge on any atom is -0.490 e. The van der Waals surface area contributed by atoms with E-state index in [2.05, 4.69) is 32.9 Å². The van der Waals surface area contributed by atoms with Crippen LogP contribution in [0, 0.1) is 3.57 Å². The maximum Gasteiger partial charge on any atom is 0.257 e. The number of para-hydroxylation sites is 1. The topological polar surface area (TPSA) is 74.3 Å². The van der Waals surface area contributed by atoms with Gasteiger partial charge in [-0.1, -0.05) is 25.1 Å². The van der Waals surface area contributed by atoms with Gasteiger partial charge in [-0.25, -0.2) is 0 Å². The van der Waals surface area contributed by atoms with E-state index >= 15 is 0 Å². The van der Waals surface area contributed by atoms with Crippen LogP contribution < -0.4 is 10.1 Å². The zero-order valence-corrected chi connectivity index (χ0v) is 17.7. The van der Waals surface area contributed by atoms with Gasteiger partial charge in [-0.2, -0.15) is 0 Å². The summed E-state index contributed by atoms with van der Waals surface area (Å²) in [5.74, 6) is -0.124. The van der Waals surface area contributed by atoms with E-state index in [4.69, 9.17) is 4.74 Å². The Labute approximate surface area is 172 Å². The standard InChI is InChI=1S/C21H23IN2O3/c1-12(2)27-19-9-8-14(22)10-16(19)21(26)24-20(25)13(3)17-11-23-18-7-5-4-6-15(17)18/h4-13,20,23,25H,1-3H3,(H,24,26)/t13?,20-/m1/s1. The molecule has 1 amide bonds. The van der Waals surface area contributed by atoms with Gasteiger partial charge in [-0.3, -0.25) is 4.79 Å². The molecule has 0 fully saturated rings. The number of nitrogens with one attached hydrogen (secondary N) is 2. The number of halogens is 1. The highest BCUT2D eigenvalue weighted by Gasteiger charge is 2.23. The Morgan fingerprint density at radius 2 is 1.93 bits per heavy atom. The molecule has 1 aromatic heterocycles. The average Bonchev–Trinajstić information content (AvgIpc) is 3.06. The normalized spacial score (nSPS) is 13.6. The minimum absolute atomic E-state index is 0.0494. The summed E-state index contributed by atoms with van der Waals surface area (Å²) in [5.41, 5.74) is 2.38. The molecular weight excluding hydrogens is 455 g/mol. The predicted octanol–water partition coefficient (Wildman–Crippen LogP) is 4.41. The second-order valence-electron chi connectivity index (χ2n) is 6.80. The van der Waals surface area contributed by atoms with Gasteiger partial charge in [-0.05, 0) is 66.3 Å². The van der Waals surface area contributed by atoms with E-state index in [9.17, 15) is 9.90 Å². The Kier molecular flexibility index (Phi) is 6.06. The first kappa shape index (κ1) is 19.7. The van der Waals surface area contributed by atoms with Crippen molar-refractivity contribution in [3.63, 3.8) is 0 Å². The summed E-state index contributed by atoms with van der Waals surface area (Å²) in [6, 6.07) is 13.3. The van der Waals surface area contributed by atoms with Gasteiger partial charge >= 0.3 is 0 Å². The molecule has 0 spiro atoms. The maximum atomic E-state index is 12.8. The van der Waals surface area contributed by atoms with Crippen LogP contribution in [0.2, 0.25) is 0 Å². The fraction of sp³-hybridized carbons (Fsp3) is 0.286. The third-order valence-electron chi connectivity index (χ3n) is 4.41. The Morgan fingerprint density at radius 1 is 1.19 bits per heavy atom. The molecule has 0 aliphatic rings. The number of carbonyl (C=O) groups excluding carboxylic acids is 1. The molecule has 0 saturated heterocycles. The molecule has 0 aliphatic carbocycles. The summed E-state index contributed by atoms with van der Waals surface area (Å²) < 4.78 is 6.67. The third-order valence-corrected chi connectivity index (χ3v) is 5.08. The number of aliphatic hydroxyl groups excluding tert-OH is 1. The van der Waals surface area contributed by atoms with Crippen LogP contribution in [0.4, 0.5) is 0 Å². The van der Waals surface area contributed by atoms with Gasteiger partial charge in [0.05, 0.1) is 11.7 Å². The quantitative estimate of drug-likeness (QED) is 0.363. The van der Waals surface area contributed by atoms with E-state index in [0.717, 1.165) is 20.0 Å². The molecule has 0 bridgehead atoms.